The van der Waals surface area contributed by atoms with Gasteiger partial charge >= 0.3 is 0 Å². The summed E-state index contributed by atoms with van der Waals surface area (Å²) in [5.41, 5.74) is 2.17. The maximum atomic E-state index is 12.5. The minimum atomic E-state index is -3.24. The van der Waals surface area contributed by atoms with E-state index in [1.807, 2.05) is 18.2 Å². The van der Waals surface area contributed by atoms with Gasteiger partial charge in [0.25, 0.3) is 0 Å². The number of likely N-dealkylation sites (tertiary alicyclic amines) is 1. The van der Waals surface area contributed by atoms with Crippen LogP contribution in [0.3, 0.4) is 0 Å². The first kappa shape index (κ1) is 18.5. The summed E-state index contributed by atoms with van der Waals surface area (Å²) in [6.45, 7) is 4.08. The second-order valence-electron chi connectivity index (χ2n) is 8.92. The number of para-hydroxylation sites is 1. The summed E-state index contributed by atoms with van der Waals surface area (Å²) in [5.74, 6) is 0.848. The fourth-order valence-corrected chi connectivity index (χ4v) is 6.57. The summed E-state index contributed by atoms with van der Waals surface area (Å²) in [6, 6.07) is 8.08. The molecule has 3 aliphatic rings. The lowest BCUT2D eigenvalue weighted by atomic mass is 9.72. The summed E-state index contributed by atoms with van der Waals surface area (Å²) < 4.78 is 26.6. The molecule has 1 saturated heterocycles. The van der Waals surface area contributed by atoms with E-state index >= 15 is 0 Å². The van der Waals surface area contributed by atoms with Crippen molar-refractivity contribution in [3.05, 3.63) is 29.8 Å². The van der Waals surface area contributed by atoms with Crippen LogP contribution in [0.25, 0.3) is 0 Å². The molecule has 1 aromatic rings. The van der Waals surface area contributed by atoms with Gasteiger partial charge in [0, 0.05) is 18.5 Å². The Morgan fingerprint density at radius 2 is 1.92 bits per heavy atom. The average Bonchev–Trinajstić information content (AvgIpc) is 2.61. The lowest BCUT2D eigenvalue weighted by Crippen LogP contribution is -2.55. The number of benzene rings is 1. The highest BCUT2D eigenvalue weighted by atomic mass is 32.3. The van der Waals surface area contributed by atoms with Crippen LogP contribution in [0.15, 0.2) is 24.3 Å². The molecule has 2 atom stereocenters. The summed E-state index contributed by atoms with van der Waals surface area (Å²) in [7, 11) is -3.24. The molecule has 1 aromatic carbocycles. The van der Waals surface area contributed by atoms with Crippen LogP contribution in [0.2, 0.25) is 0 Å². The van der Waals surface area contributed by atoms with Crippen molar-refractivity contribution >= 4 is 16.1 Å². The van der Waals surface area contributed by atoms with Crippen LogP contribution in [0.4, 0.5) is 5.69 Å². The monoisotopic (exact) mass is 376 g/mol. The van der Waals surface area contributed by atoms with Gasteiger partial charge < -0.3 is 9.45 Å². The summed E-state index contributed by atoms with van der Waals surface area (Å²) in [5, 5.41) is 0. The van der Waals surface area contributed by atoms with Crippen molar-refractivity contribution < 1.29 is 8.76 Å². The molecule has 4 rings (SSSR count). The highest BCUT2D eigenvalue weighted by Crippen LogP contribution is 2.44. The van der Waals surface area contributed by atoms with Crippen LogP contribution in [0, 0.1) is 11.3 Å². The van der Waals surface area contributed by atoms with E-state index in [9.17, 15) is 8.76 Å². The maximum Gasteiger partial charge on any atom is 0.145 e. The highest BCUT2D eigenvalue weighted by molar-refractivity contribution is 7.98. The van der Waals surface area contributed by atoms with E-state index in [4.69, 9.17) is 0 Å². The molecular weight excluding hydrogens is 344 g/mol. The molecule has 1 aliphatic carbocycles. The van der Waals surface area contributed by atoms with Gasteiger partial charge in [0.15, 0.2) is 0 Å². The molecule has 5 heteroatoms. The van der Waals surface area contributed by atoms with Gasteiger partial charge in [0.1, 0.15) is 16.7 Å². The van der Waals surface area contributed by atoms with E-state index in [-0.39, 0.29) is 5.41 Å². The summed E-state index contributed by atoms with van der Waals surface area (Å²) >= 11 is 0. The Labute approximate surface area is 159 Å². The lowest BCUT2D eigenvalue weighted by molar-refractivity contribution is 0.0730. The molecule has 1 spiro atoms. The first-order chi connectivity index (χ1) is 12.5. The molecule has 2 heterocycles. The molecule has 0 radical (unpaired) electrons. The number of rotatable bonds is 3. The molecule has 2 unspecified atom stereocenters. The Morgan fingerprint density at radius 3 is 2.69 bits per heavy atom. The zero-order chi connectivity index (χ0) is 18.2. The molecule has 0 bridgehead atoms. The predicted octanol–water partition coefficient (Wildman–Crippen LogP) is 3.89. The second-order valence-corrected chi connectivity index (χ2v) is 10.8. The largest absolute Gasteiger partial charge is 0.593 e. The average molecular weight is 377 g/mol. The van der Waals surface area contributed by atoms with Crippen LogP contribution in [0.5, 0.6) is 0 Å². The Morgan fingerprint density at radius 1 is 1.15 bits per heavy atom. The number of piperidine rings is 1. The standard InChI is InChI=1S/C21H32N2O2S/c1-26(24,25)23-17-21(14-19-10-5-6-11-20(19)23)12-7-13-22(16-21)15-18-8-3-2-4-9-18/h5-6,10-11,18H,2-4,7-9,12-17H2,1H3. The van der Waals surface area contributed by atoms with Gasteiger partial charge in [0.2, 0.25) is 0 Å². The zero-order valence-corrected chi connectivity index (χ0v) is 16.8. The molecule has 2 fully saturated rings. The first-order valence-electron chi connectivity index (χ1n) is 10.2. The highest BCUT2D eigenvalue weighted by Gasteiger charge is 2.45. The molecule has 26 heavy (non-hydrogen) atoms. The Balaban J connectivity index is 1.54. The van der Waals surface area contributed by atoms with Crippen molar-refractivity contribution in [2.75, 3.05) is 36.7 Å². The van der Waals surface area contributed by atoms with Crippen molar-refractivity contribution in [1.82, 2.24) is 4.90 Å². The first-order valence-corrected chi connectivity index (χ1v) is 12.1. The van der Waals surface area contributed by atoms with Gasteiger partial charge in [0.05, 0.1) is 12.2 Å². The number of hydrogen-bond acceptors (Lipinski definition) is 3. The van der Waals surface area contributed by atoms with Crippen LogP contribution < -0.4 is 4.31 Å². The minimum Gasteiger partial charge on any atom is -0.593 e. The Kier molecular flexibility index (Phi) is 5.15. The Hall–Kier alpha value is -0.910. The molecule has 0 aromatic heterocycles. The molecule has 4 nitrogen and oxygen atoms in total. The molecule has 2 aliphatic heterocycles. The fourth-order valence-electron chi connectivity index (χ4n) is 5.52. The molecule has 0 amide bonds. The van der Waals surface area contributed by atoms with Crippen molar-refractivity contribution in [2.45, 2.75) is 51.4 Å². The second kappa shape index (κ2) is 7.25. The molecule has 0 N–H and O–H groups in total. The van der Waals surface area contributed by atoms with Crippen molar-refractivity contribution in [1.29, 1.82) is 0 Å². The molecular formula is C21H32N2O2S. The van der Waals surface area contributed by atoms with Crippen LogP contribution in [-0.2, 0) is 21.0 Å². The zero-order valence-electron chi connectivity index (χ0n) is 16.0. The minimum absolute atomic E-state index is 0.0738. The van der Waals surface area contributed by atoms with Crippen molar-refractivity contribution in [2.24, 2.45) is 11.3 Å². The third kappa shape index (κ3) is 3.85. The van der Waals surface area contributed by atoms with E-state index in [1.165, 1.54) is 63.4 Å². The van der Waals surface area contributed by atoms with Gasteiger partial charge in [-0.15, -0.1) is 0 Å². The van der Waals surface area contributed by atoms with Crippen molar-refractivity contribution in [3.8, 4) is 0 Å². The number of fused-ring (bicyclic) bond motifs is 1. The van der Waals surface area contributed by atoms with Gasteiger partial charge in [-0.3, -0.25) is 0 Å². The Bertz CT molecular complexity index is 682. The fraction of sp³-hybridized carbons (Fsp3) is 0.714. The number of anilines is 1. The number of sulfonamides is 1. The predicted molar refractivity (Wildman–Crippen MR) is 107 cm³/mol. The molecule has 144 valence electrons. The smallest absolute Gasteiger partial charge is 0.145 e. The van der Waals surface area contributed by atoms with Gasteiger partial charge in [-0.25, -0.2) is 0 Å². The molecule has 1 saturated carbocycles. The van der Waals surface area contributed by atoms with E-state index in [0.717, 1.165) is 31.0 Å². The third-order valence-corrected chi connectivity index (χ3v) is 7.81. The van der Waals surface area contributed by atoms with Crippen LogP contribution in [0.1, 0.15) is 50.5 Å². The number of hydrogen-bond donors (Lipinski definition) is 0. The van der Waals surface area contributed by atoms with E-state index in [2.05, 4.69) is 11.0 Å². The topological polar surface area (TPSA) is 46.6 Å². The van der Waals surface area contributed by atoms with E-state index in [0.29, 0.717) is 6.54 Å². The summed E-state index contributed by atoms with van der Waals surface area (Å²) in [4.78, 5) is 2.65. The maximum absolute atomic E-state index is 12.5. The van der Waals surface area contributed by atoms with Crippen LogP contribution >= 0.6 is 0 Å². The summed E-state index contributed by atoms with van der Waals surface area (Å²) in [6.07, 6.45) is 11.6. The van der Waals surface area contributed by atoms with Gasteiger partial charge in [-0.05, 0) is 56.2 Å². The lowest BCUT2D eigenvalue weighted by Gasteiger charge is -2.49. The van der Waals surface area contributed by atoms with Crippen LogP contribution in [-0.4, -0.2) is 41.9 Å². The van der Waals surface area contributed by atoms with E-state index < -0.39 is 10.4 Å². The third-order valence-electron chi connectivity index (χ3n) is 6.69. The van der Waals surface area contributed by atoms with E-state index in [1.54, 1.807) is 4.31 Å². The van der Waals surface area contributed by atoms with Crippen molar-refractivity contribution in [3.63, 3.8) is 0 Å². The quantitative estimate of drug-likeness (QED) is 0.752. The SMILES string of the molecule is C[S+](=O)([O-])N1CC2(CCCN(CC3CCCCC3)C2)Cc2ccccc21. The normalized spacial score (nSPS) is 30.2. The van der Waals surface area contributed by atoms with Gasteiger partial charge in [-0.2, -0.15) is 4.31 Å². The van der Waals surface area contributed by atoms with Gasteiger partial charge in [-0.1, -0.05) is 41.7 Å². The number of nitrogens with zero attached hydrogens (tertiary/aromatic N) is 2.